The van der Waals surface area contributed by atoms with Gasteiger partial charge in [0, 0.05) is 19.0 Å². The third kappa shape index (κ3) is 3.83. The van der Waals surface area contributed by atoms with Crippen molar-refractivity contribution in [3.63, 3.8) is 0 Å². The van der Waals surface area contributed by atoms with Crippen LogP contribution >= 0.6 is 11.6 Å². The van der Waals surface area contributed by atoms with Crippen LogP contribution in [0.15, 0.2) is 30.3 Å². The summed E-state index contributed by atoms with van der Waals surface area (Å²) in [5, 5.41) is 0. The summed E-state index contributed by atoms with van der Waals surface area (Å²) in [4.78, 5) is 2.16. The monoisotopic (exact) mass is 207 g/mol. The van der Waals surface area contributed by atoms with E-state index in [4.69, 9.17) is 18.0 Å². The molecule has 0 aliphatic carbocycles. The zero-order valence-corrected chi connectivity index (χ0v) is 8.87. The van der Waals surface area contributed by atoms with Crippen LogP contribution < -0.4 is 0 Å². The van der Waals surface area contributed by atoms with Crippen LogP contribution in [0.4, 0.5) is 0 Å². The van der Waals surface area contributed by atoms with Crippen LogP contribution in [-0.2, 0) is 6.54 Å². The van der Waals surface area contributed by atoms with Gasteiger partial charge in [0.15, 0.2) is 0 Å². The molecule has 1 nitrogen and oxygen atoms in total. The fourth-order valence-electron chi connectivity index (χ4n) is 1.30. The van der Waals surface area contributed by atoms with Gasteiger partial charge in [0.1, 0.15) is 0 Å². The van der Waals surface area contributed by atoms with E-state index in [1.165, 1.54) is 5.56 Å². The molecule has 1 aromatic rings. The van der Waals surface area contributed by atoms with E-state index >= 15 is 0 Å². The quantitative estimate of drug-likeness (QED) is 0.529. The molecule has 2 heteroatoms. The third-order valence-electron chi connectivity index (χ3n) is 1.96. The second-order valence-corrected chi connectivity index (χ2v) is 3.47. The van der Waals surface area contributed by atoms with Gasteiger partial charge < -0.3 is 0 Å². The van der Waals surface area contributed by atoms with Crippen molar-refractivity contribution >= 4 is 11.6 Å². The van der Waals surface area contributed by atoms with E-state index in [0.29, 0.717) is 12.4 Å². The maximum absolute atomic E-state index is 5.69. The predicted octanol–water partition coefficient (Wildman–Crippen LogP) is 2.36. The number of halogens is 1. The van der Waals surface area contributed by atoms with E-state index in [0.717, 1.165) is 13.1 Å². The van der Waals surface area contributed by atoms with Gasteiger partial charge in [-0.2, -0.15) is 0 Å². The lowest BCUT2D eigenvalue weighted by Gasteiger charge is -2.18. The summed E-state index contributed by atoms with van der Waals surface area (Å²) >= 11 is 5.69. The summed E-state index contributed by atoms with van der Waals surface area (Å²) in [5.74, 6) is 3.26. The highest BCUT2D eigenvalue weighted by Crippen LogP contribution is 2.03. The van der Waals surface area contributed by atoms with Crippen LogP contribution in [0.3, 0.4) is 0 Å². The first-order chi connectivity index (χ1) is 6.86. The summed E-state index contributed by atoms with van der Waals surface area (Å²) in [5.41, 5.74) is 1.27. The zero-order chi connectivity index (χ0) is 10.2. The molecule has 0 bridgehead atoms. The minimum atomic E-state index is 0.620. The van der Waals surface area contributed by atoms with Gasteiger partial charge in [-0.1, -0.05) is 36.3 Å². The fourth-order valence-corrected chi connectivity index (χ4v) is 1.54. The maximum Gasteiger partial charge on any atom is 0.0602 e. The molecule has 0 unspecified atom stereocenters. The Bertz CT molecular complexity index is 289. The van der Waals surface area contributed by atoms with Gasteiger partial charge in [-0.3, -0.25) is 4.90 Å². The molecule has 0 N–H and O–H groups in total. The second kappa shape index (κ2) is 6.48. The number of alkyl halides is 1. The largest absolute Gasteiger partial charge is 0.287 e. The van der Waals surface area contributed by atoms with Gasteiger partial charge in [-0.15, -0.1) is 18.0 Å². The lowest BCUT2D eigenvalue weighted by molar-refractivity contribution is 0.318. The molecule has 0 radical (unpaired) electrons. The smallest absolute Gasteiger partial charge is 0.0602 e. The minimum Gasteiger partial charge on any atom is -0.287 e. The van der Waals surface area contributed by atoms with Crippen molar-refractivity contribution in [2.75, 3.05) is 19.0 Å². The molecule has 0 heterocycles. The molecule has 0 amide bonds. The van der Waals surface area contributed by atoms with Crippen molar-refractivity contribution in [3.8, 4) is 12.3 Å². The molecule has 0 aromatic heterocycles. The van der Waals surface area contributed by atoms with Crippen LogP contribution in [0.25, 0.3) is 0 Å². The van der Waals surface area contributed by atoms with Crippen LogP contribution in [-0.4, -0.2) is 23.9 Å². The Labute approximate surface area is 90.7 Å². The molecule has 0 fully saturated rings. The maximum atomic E-state index is 5.69. The predicted molar refractivity (Wildman–Crippen MR) is 61.3 cm³/mol. The van der Waals surface area contributed by atoms with E-state index < -0.39 is 0 Å². The highest BCUT2D eigenvalue weighted by molar-refractivity contribution is 6.18. The summed E-state index contributed by atoms with van der Waals surface area (Å²) in [6.45, 7) is 2.36. The Morgan fingerprint density at radius 1 is 1.29 bits per heavy atom. The number of terminal acetylenes is 1. The topological polar surface area (TPSA) is 3.24 Å². The molecule has 0 atom stereocenters. The van der Waals surface area contributed by atoms with Crippen LogP contribution in [0, 0.1) is 12.3 Å². The first-order valence-electron chi connectivity index (χ1n) is 4.62. The molecular weight excluding hydrogens is 194 g/mol. The fraction of sp³-hybridized carbons (Fsp3) is 0.333. The van der Waals surface area contributed by atoms with Crippen molar-refractivity contribution in [3.05, 3.63) is 35.9 Å². The number of benzene rings is 1. The lowest BCUT2D eigenvalue weighted by atomic mass is 10.2. The first-order valence-corrected chi connectivity index (χ1v) is 5.16. The number of nitrogens with zero attached hydrogens (tertiary/aromatic N) is 1. The van der Waals surface area contributed by atoms with E-state index in [2.05, 4.69) is 23.0 Å². The molecule has 0 aliphatic rings. The van der Waals surface area contributed by atoms with Crippen LogP contribution in [0.1, 0.15) is 5.56 Å². The Hall–Kier alpha value is -0.970. The standard InChI is InChI=1S/C12H14ClN/c1-2-9-14(10-8-13)11-12-6-4-3-5-7-12/h1,3-7H,8-11H2. The number of rotatable bonds is 5. The van der Waals surface area contributed by atoms with Crippen molar-refractivity contribution in [1.82, 2.24) is 4.90 Å². The first kappa shape index (κ1) is 11.1. The number of hydrogen-bond acceptors (Lipinski definition) is 1. The van der Waals surface area contributed by atoms with Gasteiger partial charge in [-0.05, 0) is 5.56 Å². The Morgan fingerprint density at radius 2 is 2.00 bits per heavy atom. The van der Waals surface area contributed by atoms with Crippen molar-refractivity contribution in [2.24, 2.45) is 0 Å². The van der Waals surface area contributed by atoms with E-state index in [1.54, 1.807) is 0 Å². The molecule has 0 saturated carbocycles. The molecule has 74 valence electrons. The molecule has 14 heavy (non-hydrogen) atoms. The van der Waals surface area contributed by atoms with E-state index in [9.17, 15) is 0 Å². The van der Waals surface area contributed by atoms with Gasteiger partial charge in [0.25, 0.3) is 0 Å². The van der Waals surface area contributed by atoms with Gasteiger partial charge in [0.2, 0.25) is 0 Å². The minimum absolute atomic E-state index is 0.620. The molecular formula is C12H14ClN. The Kier molecular flexibility index (Phi) is 5.14. The molecule has 1 aromatic carbocycles. The zero-order valence-electron chi connectivity index (χ0n) is 8.12. The molecule has 0 spiro atoms. The van der Waals surface area contributed by atoms with Gasteiger partial charge >= 0.3 is 0 Å². The van der Waals surface area contributed by atoms with Crippen LogP contribution in [0.2, 0.25) is 0 Å². The van der Waals surface area contributed by atoms with Gasteiger partial charge in [0.05, 0.1) is 6.54 Å². The highest BCUT2D eigenvalue weighted by atomic mass is 35.5. The third-order valence-corrected chi connectivity index (χ3v) is 2.13. The van der Waals surface area contributed by atoms with Crippen molar-refractivity contribution < 1.29 is 0 Å². The second-order valence-electron chi connectivity index (χ2n) is 3.09. The average molecular weight is 208 g/mol. The van der Waals surface area contributed by atoms with Crippen molar-refractivity contribution in [1.29, 1.82) is 0 Å². The summed E-state index contributed by atoms with van der Waals surface area (Å²) in [7, 11) is 0. The lowest BCUT2D eigenvalue weighted by Crippen LogP contribution is -2.25. The highest BCUT2D eigenvalue weighted by Gasteiger charge is 2.02. The number of hydrogen-bond donors (Lipinski definition) is 0. The molecule has 0 aliphatic heterocycles. The summed E-state index contributed by atoms with van der Waals surface area (Å²) in [6.07, 6.45) is 5.28. The van der Waals surface area contributed by atoms with Crippen molar-refractivity contribution in [2.45, 2.75) is 6.54 Å². The normalized spacial score (nSPS) is 10.1. The summed E-state index contributed by atoms with van der Waals surface area (Å²) < 4.78 is 0. The van der Waals surface area contributed by atoms with Gasteiger partial charge in [-0.25, -0.2) is 0 Å². The van der Waals surface area contributed by atoms with E-state index in [-0.39, 0.29) is 0 Å². The molecule has 1 rings (SSSR count). The molecule has 0 saturated heterocycles. The Balaban J connectivity index is 2.52. The average Bonchev–Trinajstić information content (AvgIpc) is 2.20. The SMILES string of the molecule is C#CCN(CCCl)Cc1ccccc1. The van der Waals surface area contributed by atoms with E-state index in [1.807, 2.05) is 18.2 Å². The summed E-state index contributed by atoms with van der Waals surface area (Å²) in [6, 6.07) is 10.3. The Morgan fingerprint density at radius 3 is 2.57 bits per heavy atom. The van der Waals surface area contributed by atoms with Crippen LogP contribution in [0.5, 0.6) is 0 Å².